The van der Waals surface area contributed by atoms with Gasteiger partial charge in [-0.1, -0.05) is 65.3 Å². The predicted molar refractivity (Wildman–Crippen MR) is 94.7 cm³/mol. The Bertz CT molecular complexity index is 830. The third kappa shape index (κ3) is 3.48. The van der Waals surface area contributed by atoms with E-state index in [1.54, 1.807) is 0 Å². The first-order valence-corrected chi connectivity index (χ1v) is 8.56. The van der Waals surface area contributed by atoms with Crippen LogP contribution in [0, 0.1) is 6.92 Å². The highest BCUT2D eigenvalue weighted by atomic mass is 16.5. The Morgan fingerprint density at radius 3 is 2.64 bits per heavy atom. The van der Waals surface area contributed by atoms with Gasteiger partial charge in [0.15, 0.2) is 0 Å². The molecule has 2 atom stereocenters. The van der Waals surface area contributed by atoms with Crippen LogP contribution < -0.4 is 0 Å². The van der Waals surface area contributed by atoms with Gasteiger partial charge >= 0.3 is 0 Å². The minimum atomic E-state index is -0.373. The summed E-state index contributed by atoms with van der Waals surface area (Å²) in [5, 5.41) is 14.3. The Kier molecular flexibility index (Phi) is 4.34. The van der Waals surface area contributed by atoms with Gasteiger partial charge in [-0.25, -0.2) is 0 Å². The number of hydrogen-bond acceptors (Lipinski definition) is 5. The molecular formula is C20H21N3O2. The van der Waals surface area contributed by atoms with E-state index in [-0.39, 0.29) is 12.1 Å². The number of benzene rings is 2. The van der Waals surface area contributed by atoms with Crippen molar-refractivity contribution in [3.8, 4) is 11.4 Å². The van der Waals surface area contributed by atoms with E-state index in [1.807, 2.05) is 30.3 Å². The molecule has 0 amide bonds. The van der Waals surface area contributed by atoms with Crippen molar-refractivity contribution in [1.82, 2.24) is 15.0 Å². The average molecular weight is 335 g/mol. The number of aromatic nitrogens is 2. The normalized spacial score (nSPS) is 20.9. The van der Waals surface area contributed by atoms with Gasteiger partial charge in [0.05, 0.1) is 12.1 Å². The second kappa shape index (κ2) is 6.78. The fraction of sp³-hybridized carbons (Fsp3) is 0.300. The SMILES string of the molecule is Cc1ccc(CN2C[C@H](O)C[C@H]2c2nc(-c3ccccc3)no2)cc1. The third-order valence-electron chi connectivity index (χ3n) is 4.65. The molecule has 2 heterocycles. The molecule has 1 aliphatic heterocycles. The van der Waals surface area contributed by atoms with E-state index in [1.165, 1.54) is 11.1 Å². The molecule has 1 fully saturated rings. The molecule has 0 saturated carbocycles. The lowest BCUT2D eigenvalue weighted by Gasteiger charge is -2.21. The quantitative estimate of drug-likeness (QED) is 0.792. The Labute approximate surface area is 146 Å². The van der Waals surface area contributed by atoms with Crippen molar-refractivity contribution in [2.24, 2.45) is 0 Å². The zero-order chi connectivity index (χ0) is 17.2. The van der Waals surface area contributed by atoms with E-state index >= 15 is 0 Å². The van der Waals surface area contributed by atoms with Gasteiger partial charge in [-0.05, 0) is 18.9 Å². The Morgan fingerprint density at radius 1 is 1.12 bits per heavy atom. The summed E-state index contributed by atoms with van der Waals surface area (Å²) < 4.78 is 5.52. The van der Waals surface area contributed by atoms with Crippen molar-refractivity contribution in [2.45, 2.75) is 32.0 Å². The average Bonchev–Trinajstić information content (AvgIpc) is 3.24. The summed E-state index contributed by atoms with van der Waals surface area (Å²) in [6.07, 6.45) is 0.241. The van der Waals surface area contributed by atoms with Gasteiger partial charge < -0.3 is 9.63 Å². The summed E-state index contributed by atoms with van der Waals surface area (Å²) in [6, 6.07) is 18.2. The maximum atomic E-state index is 10.1. The minimum Gasteiger partial charge on any atom is -0.392 e. The molecule has 0 unspecified atom stereocenters. The molecule has 0 spiro atoms. The topological polar surface area (TPSA) is 62.4 Å². The van der Waals surface area contributed by atoms with E-state index in [0.717, 1.165) is 12.1 Å². The van der Waals surface area contributed by atoms with Crippen LogP contribution in [0.25, 0.3) is 11.4 Å². The molecule has 1 N–H and O–H groups in total. The Hall–Kier alpha value is -2.50. The van der Waals surface area contributed by atoms with Crippen LogP contribution in [0.5, 0.6) is 0 Å². The second-order valence-corrected chi connectivity index (χ2v) is 6.64. The van der Waals surface area contributed by atoms with Gasteiger partial charge in [0.2, 0.25) is 11.7 Å². The number of rotatable bonds is 4. The van der Waals surface area contributed by atoms with Crippen molar-refractivity contribution in [2.75, 3.05) is 6.54 Å². The Balaban J connectivity index is 1.55. The second-order valence-electron chi connectivity index (χ2n) is 6.64. The van der Waals surface area contributed by atoms with Crippen molar-refractivity contribution in [1.29, 1.82) is 0 Å². The third-order valence-corrected chi connectivity index (χ3v) is 4.65. The lowest BCUT2D eigenvalue weighted by molar-refractivity contribution is 0.169. The summed E-state index contributed by atoms with van der Waals surface area (Å²) in [5.74, 6) is 1.16. The predicted octanol–water partition coefficient (Wildman–Crippen LogP) is 3.35. The number of nitrogens with zero attached hydrogens (tertiary/aromatic N) is 3. The van der Waals surface area contributed by atoms with Crippen molar-refractivity contribution < 1.29 is 9.63 Å². The molecule has 1 saturated heterocycles. The summed E-state index contributed by atoms with van der Waals surface area (Å²) in [7, 11) is 0. The highest BCUT2D eigenvalue weighted by Gasteiger charge is 2.35. The number of β-amino-alcohol motifs (C(OH)–C–C–N with tert-alkyl or cyclic N) is 1. The van der Waals surface area contributed by atoms with Crippen LogP contribution in [0.15, 0.2) is 59.1 Å². The van der Waals surface area contributed by atoms with Crippen molar-refractivity contribution >= 4 is 0 Å². The molecule has 5 heteroatoms. The van der Waals surface area contributed by atoms with Crippen LogP contribution in [0.3, 0.4) is 0 Å². The van der Waals surface area contributed by atoms with Crippen molar-refractivity contribution in [3.63, 3.8) is 0 Å². The van der Waals surface area contributed by atoms with E-state index in [4.69, 9.17) is 4.52 Å². The summed E-state index contributed by atoms with van der Waals surface area (Å²) in [6.45, 7) is 3.45. The van der Waals surface area contributed by atoms with Gasteiger partial charge in [0, 0.05) is 18.7 Å². The molecule has 1 aromatic heterocycles. The zero-order valence-corrected chi connectivity index (χ0v) is 14.2. The largest absolute Gasteiger partial charge is 0.392 e. The molecule has 25 heavy (non-hydrogen) atoms. The first-order chi connectivity index (χ1) is 12.2. The van der Waals surface area contributed by atoms with Gasteiger partial charge in [-0.15, -0.1) is 0 Å². The maximum Gasteiger partial charge on any atom is 0.244 e. The van der Waals surface area contributed by atoms with Gasteiger partial charge in [0.25, 0.3) is 0 Å². The van der Waals surface area contributed by atoms with Crippen LogP contribution in [0.2, 0.25) is 0 Å². The number of likely N-dealkylation sites (tertiary alicyclic amines) is 1. The van der Waals surface area contributed by atoms with E-state index in [2.05, 4.69) is 46.2 Å². The first kappa shape index (κ1) is 16.0. The number of hydrogen-bond donors (Lipinski definition) is 1. The van der Waals surface area contributed by atoms with Crippen LogP contribution in [-0.2, 0) is 6.54 Å². The molecular weight excluding hydrogens is 314 g/mol. The molecule has 3 aromatic rings. The van der Waals surface area contributed by atoms with Gasteiger partial charge in [-0.3, -0.25) is 4.90 Å². The van der Waals surface area contributed by atoms with Crippen LogP contribution in [0.4, 0.5) is 0 Å². The van der Waals surface area contributed by atoms with Crippen molar-refractivity contribution in [3.05, 3.63) is 71.6 Å². The molecule has 0 bridgehead atoms. The lowest BCUT2D eigenvalue weighted by Crippen LogP contribution is -2.24. The van der Waals surface area contributed by atoms with Crippen LogP contribution >= 0.6 is 0 Å². The summed E-state index contributed by atoms with van der Waals surface area (Å²) >= 11 is 0. The highest BCUT2D eigenvalue weighted by molar-refractivity contribution is 5.53. The zero-order valence-electron chi connectivity index (χ0n) is 14.2. The summed E-state index contributed by atoms with van der Waals surface area (Å²) in [4.78, 5) is 6.78. The molecule has 4 rings (SSSR count). The maximum absolute atomic E-state index is 10.1. The molecule has 0 aliphatic carbocycles. The smallest absolute Gasteiger partial charge is 0.244 e. The highest BCUT2D eigenvalue weighted by Crippen LogP contribution is 2.33. The standard InChI is InChI=1S/C20H21N3O2/c1-14-7-9-15(10-8-14)12-23-13-17(24)11-18(23)20-21-19(22-25-20)16-5-3-2-4-6-16/h2-10,17-18,24H,11-13H2,1H3/t17-,18+/m1/s1. The van der Waals surface area contributed by atoms with Gasteiger partial charge in [0.1, 0.15) is 0 Å². The fourth-order valence-corrected chi connectivity index (χ4v) is 3.31. The van der Waals surface area contributed by atoms with Crippen LogP contribution in [0.1, 0.15) is 29.5 Å². The number of aliphatic hydroxyl groups excluding tert-OH is 1. The first-order valence-electron chi connectivity index (χ1n) is 8.56. The molecule has 1 aliphatic rings. The number of aryl methyl sites for hydroxylation is 1. The Morgan fingerprint density at radius 2 is 1.88 bits per heavy atom. The van der Waals surface area contributed by atoms with Crippen LogP contribution in [-0.4, -0.2) is 32.8 Å². The molecule has 0 radical (unpaired) electrons. The fourth-order valence-electron chi connectivity index (χ4n) is 3.31. The molecule has 5 nitrogen and oxygen atoms in total. The lowest BCUT2D eigenvalue weighted by atomic mass is 10.1. The van der Waals surface area contributed by atoms with E-state index in [9.17, 15) is 5.11 Å². The van der Waals surface area contributed by atoms with E-state index in [0.29, 0.717) is 24.7 Å². The monoisotopic (exact) mass is 335 g/mol. The summed E-state index contributed by atoms with van der Waals surface area (Å²) in [5.41, 5.74) is 3.39. The number of aliphatic hydroxyl groups is 1. The van der Waals surface area contributed by atoms with Gasteiger partial charge in [-0.2, -0.15) is 4.98 Å². The minimum absolute atomic E-state index is 0.0544. The van der Waals surface area contributed by atoms with E-state index < -0.39 is 0 Å². The molecule has 128 valence electrons. The molecule has 2 aromatic carbocycles.